The fourth-order valence-electron chi connectivity index (χ4n) is 2.12. The van der Waals surface area contributed by atoms with Crippen LogP contribution in [0.4, 0.5) is 0 Å². The first-order valence-corrected chi connectivity index (χ1v) is 11.7. The van der Waals surface area contributed by atoms with Gasteiger partial charge in [0.05, 0.1) is 14.4 Å². The van der Waals surface area contributed by atoms with Crippen LogP contribution in [0.3, 0.4) is 0 Å². The fraction of sp³-hybridized carbons (Fsp3) is 0.500. The van der Waals surface area contributed by atoms with E-state index in [1.807, 2.05) is 0 Å². The molecule has 11 heteroatoms. The summed E-state index contributed by atoms with van der Waals surface area (Å²) in [5.41, 5.74) is 0. The summed E-state index contributed by atoms with van der Waals surface area (Å²) in [7, 11) is -5.29. The number of unbranched alkanes of at least 4 members (excludes halogenated alkanes) is 5. The van der Waals surface area contributed by atoms with Crippen molar-refractivity contribution in [1.29, 1.82) is 0 Å². The van der Waals surface area contributed by atoms with Crippen molar-refractivity contribution < 1.29 is 97.1 Å². The predicted octanol–water partition coefficient (Wildman–Crippen LogP) is -4.92. The van der Waals surface area contributed by atoms with Gasteiger partial charge in [-0.1, -0.05) is 44.9 Å². The van der Waals surface area contributed by atoms with Crippen molar-refractivity contribution in [2.45, 2.75) is 64.9 Å². The third kappa shape index (κ3) is 29.0. The molecule has 8 nitrogen and oxygen atoms in total. The normalized spacial score (nSPS) is 9.49. The molecule has 0 bridgehead atoms. The summed E-state index contributed by atoms with van der Waals surface area (Å²) < 4.78 is 24.7. The molecule has 0 fully saturated rings. The summed E-state index contributed by atoms with van der Waals surface area (Å²) in [5.74, 6) is 22.1. The molecule has 0 aliphatic heterocycles. The van der Waals surface area contributed by atoms with E-state index < -0.39 is 39.1 Å². The summed E-state index contributed by atoms with van der Waals surface area (Å²) in [4.78, 5) is 45.0. The van der Waals surface area contributed by atoms with E-state index in [0.717, 1.165) is 32.1 Å². The zero-order chi connectivity index (χ0) is 24.8. The Morgan fingerprint density at radius 2 is 1.37 bits per heavy atom. The Hall–Kier alpha value is -1.15. The van der Waals surface area contributed by atoms with Gasteiger partial charge < -0.3 is 28.3 Å². The average molecular weight is 518 g/mol. The average Bonchev–Trinajstić information content (AvgIpc) is 2.76. The van der Waals surface area contributed by atoms with Crippen LogP contribution in [0.2, 0.25) is 0 Å². The SMILES string of the molecule is CC#CC#CC#CC#CC#CC(=O)OC[C@H](COP(=O)([O-])[O-])OC(=O)CCCCCCCC.[Na+].[Na+]. The Kier molecular flexibility index (Phi) is 28.4. The molecule has 0 saturated carbocycles. The quantitative estimate of drug-likeness (QED) is 0.0594. The van der Waals surface area contributed by atoms with E-state index in [2.05, 4.69) is 70.7 Å². The first-order valence-electron chi connectivity index (χ1n) is 10.2. The zero-order valence-electron chi connectivity index (χ0n) is 20.7. The number of carbonyl (C=O) groups is 2. The van der Waals surface area contributed by atoms with Gasteiger partial charge in [-0.3, -0.25) is 4.79 Å². The van der Waals surface area contributed by atoms with E-state index in [1.165, 1.54) is 0 Å². The van der Waals surface area contributed by atoms with Crippen molar-refractivity contribution in [3.05, 3.63) is 0 Å². The number of hydrogen-bond donors (Lipinski definition) is 0. The number of esters is 2. The summed E-state index contributed by atoms with van der Waals surface area (Å²) in [6, 6.07) is 0. The molecule has 0 aromatic heterocycles. The molecule has 0 rings (SSSR count). The molecule has 0 saturated heterocycles. The van der Waals surface area contributed by atoms with E-state index in [-0.39, 0.29) is 65.5 Å². The van der Waals surface area contributed by atoms with Crippen molar-refractivity contribution in [2.24, 2.45) is 0 Å². The molecule has 35 heavy (non-hydrogen) atoms. The molecule has 0 unspecified atom stereocenters. The van der Waals surface area contributed by atoms with Gasteiger partial charge in [-0.05, 0) is 60.7 Å². The second-order valence-electron chi connectivity index (χ2n) is 6.35. The van der Waals surface area contributed by atoms with Gasteiger partial charge in [0, 0.05) is 12.3 Å². The molecule has 0 aliphatic rings. The Labute approximate surface area is 252 Å². The maximum absolute atomic E-state index is 11.9. The van der Waals surface area contributed by atoms with Gasteiger partial charge in [0.15, 0.2) is 6.10 Å². The van der Waals surface area contributed by atoms with Gasteiger partial charge in [-0.2, -0.15) is 0 Å². The van der Waals surface area contributed by atoms with E-state index in [1.54, 1.807) is 6.92 Å². The number of carbonyl (C=O) groups excluding carboxylic acids is 2. The van der Waals surface area contributed by atoms with Crippen molar-refractivity contribution >= 4 is 19.8 Å². The molecular weight excluding hydrogens is 493 g/mol. The van der Waals surface area contributed by atoms with Crippen LogP contribution in [-0.4, -0.2) is 31.3 Å². The largest absolute Gasteiger partial charge is 1.00 e. The van der Waals surface area contributed by atoms with Crippen LogP contribution in [0.25, 0.3) is 0 Å². The molecular formula is C24H25Na2O8P. The van der Waals surface area contributed by atoms with Crippen molar-refractivity contribution in [1.82, 2.24) is 0 Å². The Bertz CT molecular complexity index is 995. The van der Waals surface area contributed by atoms with E-state index in [9.17, 15) is 23.9 Å². The summed E-state index contributed by atoms with van der Waals surface area (Å²) in [5, 5.41) is 0. The first-order chi connectivity index (χ1) is 15.8. The maximum atomic E-state index is 11.9. The minimum atomic E-state index is -5.29. The molecule has 0 aliphatic carbocycles. The standard InChI is InChI=1S/C24H27O8P.2Na/c1-3-5-7-9-11-12-13-15-16-18-23(25)30-20-22(21-31-33(27,28)29)32-24(26)19-17-14-10-8-6-4-2;;/h22H,4,6,8,10,14,17,19-21H2,1-2H3,(H2,27,28,29);;/q;2*+1/p-2/t22-;;/m1../s1. The minimum absolute atomic E-state index is 0. The third-order valence-corrected chi connectivity index (χ3v) is 4.04. The Morgan fingerprint density at radius 3 is 1.94 bits per heavy atom. The number of phosphoric acid groups is 1. The van der Waals surface area contributed by atoms with Crippen molar-refractivity contribution in [3.8, 4) is 59.2 Å². The molecule has 0 amide bonds. The van der Waals surface area contributed by atoms with Gasteiger partial charge in [0.25, 0.3) is 0 Å². The first kappa shape index (κ1) is 38.4. The molecule has 0 spiro atoms. The van der Waals surface area contributed by atoms with E-state index >= 15 is 0 Å². The fourth-order valence-corrected chi connectivity index (χ4v) is 2.47. The van der Waals surface area contributed by atoms with Gasteiger partial charge >= 0.3 is 71.1 Å². The number of rotatable bonds is 13. The second kappa shape index (κ2) is 25.9. The van der Waals surface area contributed by atoms with Crippen LogP contribution < -0.4 is 68.9 Å². The molecule has 0 aromatic carbocycles. The molecule has 0 aromatic rings. The zero-order valence-corrected chi connectivity index (χ0v) is 25.5. The van der Waals surface area contributed by atoms with Gasteiger partial charge in [-0.15, -0.1) is 0 Å². The smallest absolute Gasteiger partial charge is 0.790 e. The third-order valence-electron chi connectivity index (χ3n) is 3.58. The van der Waals surface area contributed by atoms with Crippen LogP contribution in [0.5, 0.6) is 0 Å². The second-order valence-corrected chi connectivity index (χ2v) is 7.50. The molecule has 1 atom stereocenters. The Morgan fingerprint density at radius 1 is 0.829 bits per heavy atom. The van der Waals surface area contributed by atoms with Gasteiger partial charge in [0.1, 0.15) is 6.61 Å². The number of hydrogen-bond acceptors (Lipinski definition) is 8. The maximum Gasteiger partial charge on any atom is 1.00 e. The van der Waals surface area contributed by atoms with Crippen LogP contribution in [0.15, 0.2) is 0 Å². The molecule has 0 N–H and O–H groups in total. The summed E-state index contributed by atoms with van der Waals surface area (Å²) in [6.45, 7) is 2.42. The van der Waals surface area contributed by atoms with E-state index in [0.29, 0.717) is 6.42 Å². The minimum Gasteiger partial charge on any atom is -0.790 e. The van der Waals surface area contributed by atoms with Gasteiger partial charge in [-0.25, -0.2) is 4.79 Å². The van der Waals surface area contributed by atoms with E-state index in [4.69, 9.17) is 9.47 Å². The predicted molar refractivity (Wildman–Crippen MR) is 117 cm³/mol. The number of ether oxygens (including phenoxy) is 2. The van der Waals surface area contributed by atoms with Crippen LogP contribution in [0.1, 0.15) is 58.8 Å². The van der Waals surface area contributed by atoms with Crippen molar-refractivity contribution in [2.75, 3.05) is 13.2 Å². The van der Waals surface area contributed by atoms with Crippen LogP contribution in [-0.2, 0) is 28.2 Å². The van der Waals surface area contributed by atoms with Crippen LogP contribution in [0, 0.1) is 59.2 Å². The van der Waals surface area contributed by atoms with Crippen LogP contribution >= 0.6 is 7.82 Å². The Balaban J connectivity index is -0.00000512. The molecule has 176 valence electrons. The molecule has 0 heterocycles. The van der Waals surface area contributed by atoms with Gasteiger partial charge in [0.2, 0.25) is 0 Å². The topological polar surface area (TPSA) is 125 Å². The summed E-state index contributed by atoms with van der Waals surface area (Å²) >= 11 is 0. The van der Waals surface area contributed by atoms with Crippen molar-refractivity contribution in [3.63, 3.8) is 0 Å². The number of phosphoric ester groups is 1. The monoisotopic (exact) mass is 518 g/mol. The molecule has 0 radical (unpaired) electrons. The summed E-state index contributed by atoms with van der Waals surface area (Å²) in [6.07, 6.45) is 4.60.